The summed E-state index contributed by atoms with van der Waals surface area (Å²) in [4.78, 5) is 22.7. The fourth-order valence-electron chi connectivity index (χ4n) is 3.05. The topological polar surface area (TPSA) is 113 Å². The van der Waals surface area contributed by atoms with E-state index in [0.717, 1.165) is 57.8 Å². The van der Waals surface area contributed by atoms with Crippen LogP contribution in [0.25, 0.3) is 0 Å². The molecule has 0 heterocycles. The van der Waals surface area contributed by atoms with E-state index in [2.05, 4.69) is 5.32 Å². The van der Waals surface area contributed by atoms with Crippen molar-refractivity contribution in [3.8, 4) is 5.75 Å². The number of aliphatic carboxylic acids is 1. The number of benzene rings is 1. The monoisotopic (exact) mass is 459 g/mol. The minimum atomic E-state index is -1.97. The van der Waals surface area contributed by atoms with Crippen molar-refractivity contribution in [3.05, 3.63) is 24.3 Å². The summed E-state index contributed by atoms with van der Waals surface area (Å²) in [6.45, 7) is -0.0959. The molecule has 1 rings (SSSR count). The summed E-state index contributed by atoms with van der Waals surface area (Å²) in [5.74, 6) is -0.881. The van der Waals surface area contributed by atoms with Gasteiger partial charge in [0.2, 0.25) is 5.91 Å². The molecule has 7 nitrogen and oxygen atoms in total. The van der Waals surface area contributed by atoms with Crippen LogP contribution in [0, 0.1) is 0 Å². The molecule has 1 aromatic carbocycles. The summed E-state index contributed by atoms with van der Waals surface area (Å²) >= 11 is -1.67. The number of hydrogen-bond acceptors (Lipinski definition) is 4. The van der Waals surface area contributed by atoms with E-state index in [0.29, 0.717) is 23.6 Å². The van der Waals surface area contributed by atoms with Crippen molar-refractivity contribution in [2.24, 2.45) is 0 Å². The zero-order valence-electron chi connectivity index (χ0n) is 17.9. The largest absolute Gasteiger partial charge is 0.491 e. The van der Waals surface area contributed by atoms with Crippen LogP contribution in [0.3, 0.4) is 0 Å². The first-order chi connectivity index (χ1) is 14.9. The number of carboxylic acids is 1. The lowest BCUT2D eigenvalue weighted by Gasteiger charge is -2.13. The smallest absolute Gasteiger partial charge is 0.338 e. The van der Waals surface area contributed by atoms with Crippen LogP contribution >= 0.6 is 0 Å². The third-order valence-corrected chi connectivity index (χ3v) is 5.42. The van der Waals surface area contributed by atoms with Gasteiger partial charge in [0.25, 0.3) is 0 Å². The minimum absolute atomic E-state index is 0.0959. The van der Waals surface area contributed by atoms with Crippen molar-refractivity contribution in [2.45, 2.75) is 76.8 Å². The van der Waals surface area contributed by atoms with Gasteiger partial charge in [-0.2, -0.15) is 0 Å². The first kappa shape index (κ1) is 27.0. The maximum absolute atomic E-state index is 13.1. The molecule has 3 N–H and O–H groups in total. The molecule has 0 spiro atoms. The van der Waals surface area contributed by atoms with Gasteiger partial charge in [-0.25, -0.2) is 13.4 Å². The number of carboxylic acid groups (broad SMARTS) is 1. The highest BCUT2D eigenvalue weighted by atomic mass is 32.2. The summed E-state index contributed by atoms with van der Waals surface area (Å²) < 4.78 is 37.8. The van der Waals surface area contributed by atoms with Gasteiger partial charge in [-0.1, -0.05) is 57.1 Å². The van der Waals surface area contributed by atoms with Crippen molar-refractivity contribution >= 4 is 28.6 Å². The molecule has 0 fully saturated rings. The highest BCUT2D eigenvalue weighted by molar-refractivity contribution is 7.79. The minimum Gasteiger partial charge on any atom is -0.491 e. The zero-order valence-corrected chi connectivity index (χ0v) is 18.7. The number of halogens is 1. The summed E-state index contributed by atoms with van der Waals surface area (Å²) in [6, 6.07) is 6.81. The first-order valence-electron chi connectivity index (χ1n) is 10.9. The van der Waals surface area contributed by atoms with E-state index in [9.17, 15) is 18.2 Å². The van der Waals surface area contributed by atoms with Gasteiger partial charge in [-0.05, 0) is 25.0 Å². The predicted octanol–water partition coefficient (Wildman–Crippen LogP) is 4.94. The SMILES string of the molecule is O=C(CCCCCCCCCCCS(=O)O)Nc1ccccc1OCCC(F)C(=O)O. The highest BCUT2D eigenvalue weighted by Crippen LogP contribution is 2.24. The lowest BCUT2D eigenvalue weighted by atomic mass is 10.1. The standard InChI is InChI=1S/C22H34FNO6S/c23-18(22(26)27)15-16-30-20-13-10-9-12-19(20)24-21(25)14-8-6-4-2-1-3-5-7-11-17-31(28)29/h9-10,12-13,18H,1-8,11,14-17H2,(H,24,25)(H,26,27)(H,28,29). The summed E-state index contributed by atoms with van der Waals surface area (Å²) in [5.41, 5.74) is 0.489. The average molecular weight is 460 g/mol. The number of nitrogens with one attached hydrogen (secondary N) is 1. The van der Waals surface area contributed by atoms with Crippen molar-refractivity contribution in [2.75, 3.05) is 17.7 Å². The van der Waals surface area contributed by atoms with E-state index in [1.54, 1.807) is 24.3 Å². The molecule has 9 heteroatoms. The number of hydrogen-bond donors (Lipinski definition) is 3. The Morgan fingerprint density at radius 1 is 1.00 bits per heavy atom. The van der Waals surface area contributed by atoms with E-state index < -0.39 is 23.2 Å². The summed E-state index contributed by atoms with van der Waals surface area (Å²) in [7, 11) is 0. The molecule has 0 radical (unpaired) electrons. The molecular formula is C22H34FNO6S. The van der Waals surface area contributed by atoms with Gasteiger partial charge < -0.3 is 19.7 Å². The molecule has 0 aliphatic heterocycles. The molecule has 0 saturated carbocycles. The predicted molar refractivity (Wildman–Crippen MR) is 120 cm³/mol. The van der Waals surface area contributed by atoms with Crippen molar-refractivity contribution in [3.63, 3.8) is 0 Å². The second-order valence-corrected chi connectivity index (χ2v) is 8.50. The van der Waals surface area contributed by atoms with Gasteiger partial charge in [-0.3, -0.25) is 4.79 Å². The van der Waals surface area contributed by atoms with Gasteiger partial charge in [0.1, 0.15) is 5.75 Å². The van der Waals surface area contributed by atoms with Crippen molar-refractivity contribution < 1.29 is 32.6 Å². The Balaban J connectivity index is 2.14. The molecule has 0 aromatic heterocycles. The van der Waals surface area contributed by atoms with E-state index in [1.165, 1.54) is 0 Å². The van der Waals surface area contributed by atoms with E-state index >= 15 is 0 Å². The number of rotatable bonds is 18. The molecule has 176 valence electrons. The van der Waals surface area contributed by atoms with Crippen LogP contribution in [-0.4, -0.2) is 44.3 Å². The Morgan fingerprint density at radius 3 is 2.19 bits per heavy atom. The van der Waals surface area contributed by atoms with Crippen molar-refractivity contribution in [1.82, 2.24) is 0 Å². The highest BCUT2D eigenvalue weighted by Gasteiger charge is 2.16. The molecule has 0 aliphatic rings. The van der Waals surface area contributed by atoms with Gasteiger partial charge in [0.15, 0.2) is 17.3 Å². The van der Waals surface area contributed by atoms with Crippen LogP contribution in [0.2, 0.25) is 0 Å². The van der Waals surface area contributed by atoms with Gasteiger partial charge >= 0.3 is 5.97 Å². The molecule has 31 heavy (non-hydrogen) atoms. The average Bonchev–Trinajstić information content (AvgIpc) is 2.72. The van der Waals surface area contributed by atoms with Crippen LogP contribution < -0.4 is 10.1 Å². The number of unbranched alkanes of at least 4 members (excludes halogenated alkanes) is 8. The number of ether oxygens (including phenoxy) is 1. The van der Waals surface area contributed by atoms with Crippen molar-refractivity contribution in [1.29, 1.82) is 0 Å². The lowest BCUT2D eigenvalue weighted by Crippen LogP contribution is -2.18. The molecule has 2 unspecified atom stereocenters. The zero-order chi connectivity index (χ0) is 22.9. The number of carbonyl (C=O) groups excluding carboxylic acids is 1. The number of anilines is 1. The van der Waals surface area contributed by atoms with Crippen LogP contribution in [0.4, 0.5) is 10.1 Å². The van der Waals surface area contributed by atoms with E-state index in [-0.39, 0.29) is 18.9 Å². The maximum Gasteiger partial charge on any atom is 0.338 e. The lowest BCUT2D eigenvalue weighted by molar-refractivity contribution is -0.143. The maximum atomic E-state index is 13.1. The fraction of sp³-hybridized carbons (Fsp3) is 0.636. The van der Waals surface area contributed by atoms with E-state index in [4.69, 9.17) is 14.4 Å². The molecule has 0 aliphatic carbocycles. The Kier molecular flexibility index (Phi) is 14.5. The number of alkyl halides is 1. The normalized spacial score (nSPS) is 12.8. The number of carbonyl (C=O) groups is 2. The molecular weight excluding hydrogens is 425 g/mol. The Hall–Kier alpha value is -2.00. The van der Waals surface area contributed by atoms with Crippen LogP contribution in [0.1, 0.15) is 70.6 Å². The fourth-order valence-corrected chi connectivity index (χ4v) is 3.50. The van der Waals surface area contributed by atoms with Gasteiger partial charge in [-0.15, -0.1) is 0 Å². The third kappa shape index (κ3) is 13.8. The molecule has 0 saturated heterocycles. The third-order valence-electron chi connectivity index (χ3n) is 4.78. The summed E-state index contributed by atoms with van der Waals surface area (Å²) in [6.07, 6.45) is 7.27. The van der Waals surface area contributed by atoms with Crippen LogP contribution in [-0.2, 0) is 20.7 Å². The summed E-state index contributed by atoms with van der Waals surface area (Å²) in [5, 5.41) is 11.4. The molecule has 0 bridgehead atoms. The molecule has 1 amide bonds. The molecule has 1 aromatic rings. The Bertz CT molecular complexity index is 688. The number of amides is 1. The first-order valence-corrected chi connectivity index (χ1v) is 12.1. The number of para-hydroxylation sites is 2. The van der Waals surface area contributed by atoms with Gasteiger partial charge in [0, 0.05) is 18.6 Å². The second kappa shape index (κ2) is 16.7. The van der Waals surface area contributed by atoms with Crippen LogP contribution in [0.15, 0.2) is 24.3 Å². The second-order valence-electron chi connectivity index (χ2n) is 7.44. The van der Waals surface area contributed by atoms with Crippen LogP contribution in [0.5, 0.6) is 5.75 Å². The Morgan fingerprint density at radius 2 is 1.58 bits per heavy atom. The quantitative estimate of drug-likeness (QED) is 0.212. The van der Waals surface area contributed by atoms with Gasteiger partial charge in [0.05, 0.1) is 12.3 Å². The van der Waals surface area contributed by atoms with E-state index in [1.807, 2.05) is 0 Å². The Labute approximate surface area is 186 Å². The molecule has 2 atom stereocenters.